The van der Waals surface area contributed by atoms with Gasteiger partial charge in [0.25, 0.3) is 0 Å². The zero-order valence-corrected chi connectivity index (χ0v) is 27.4. The van der Waals surface area contributed by atoms with Crippen LogP contribution < -0.4 is 0 Å². The van der Waals surface area contributed by atoms with E-state index in [0.29, 0.717) is 32.0 Å². The number of hydrogen-bond donors (Lipinski definition) is 0. The lowest BCUT2D eigenvalue weighted by molar-refractivity contribution is -0.171. The van der Waals surface area contributed by atoms with E-state index in [0.717, 1.165) is 6.08 Å². The van der Waals surface area contributed by atoms with Gasteiger partial charge in [-0.25, -0.2) is 13.9 Å². The summed E-state index contributed by atoms with van der Waals surface area (Å²) in [7, 11) is -4.26. The SMILES string of the molecule is C=CC(=O)OC(Cl)(CC)OP(=O)(OCC(CBr)(CBr)CBr)OCC(CBr)(CBr)CBr. The van der Waals surface area contributed by atoms with Crippen molar-refractivity contribution in [2.75, 3.05) is 45.2 Å². The molecule has 0 aromatic heterocycles. The van der Waals surface area contributed by atoms with E-state index in [1.54, 1.807) is 6.92 Å². The van der Waals surface area contributed by atoms with E-state index in [9.17, 15) is 9.36 Å². The van der Waals surface area contributed by atoms with Gasteiger partial charge in [-0.1, -0.05) is 109 Å². The van der Waals surface area contributed by atoms with Gasteiger partial charge in [0.1, 0.15) is 0 Å². The summed E-state index contributed by atoms with van der Waals surface area (Å²) in [5.74, 6) is -0.829. The normalized spacial score (nSPS) is 14.9. The Morgan fingerprint density at radius 2 is 1.30 bits per heavy atom. The van der Waals surface area contributed by atoms with Crippen LogP contribution in [0.3, 0.4) is 0 Å². The Bertz CT molecular complexity index is 548. The first-order valence-corrected chi connectivity index (χ1v) is 17.1. The number of alkyl halides is 7. The van der Waals surface area contributed by atoms with Crippen LogP contribution in [0, 0.1) is 10.8 Å². The summed E-state index contributed by atoms with van der Waals surface area (Å²) in [6, 6.07) is 0. The first kappa shape index (κ1) is 32.5. The van der Waals surface area contributed by atoms with Crippen molar-refractivity contribution in [2.24, 2.45) is 10.8 Å². The number of phosphoric ester groups is 1. The van der Waals surface area contributed by atoms with Crippen LogP contribution >= 0.6 is 115 Å². The number of phosphoric acid groups is 1. The van der Waals surface area contributed by atoms with E-state index < -0.39 is 29.9 Å². The summed E-state index contributed by atoms with van der Waals surface area (Å²) in [5, 5.41) is 1.27. The minimum absolute atomic E-state index is 0.00814. The molecule has 0 aromatic rings. The minimum atomic E-state index is -4.26. The van der Waals surface area contributed by atoms with Crippen molar-refractivity contribution in [3.8, 4) is 0 Å². The summed E-state index contributed by atoms with van der Waals surface area (Å²) in [5.41, 5.74) is -0.864. The summed E-state index contributed by atoms with van der Waals surface area (Å²) >= 11 is 27.0. The van der Waals surface area contributed by atoms with Crippen LogP contribution in [0.4, 0.5) is 0 Å². The lowest BCUT2D eigenvalue weighted by atomic mass is 9.98. The maximum Gasteiger partial charge on any atom is 0.479 e. The van der Waals surface area contributed by atoms with Gasteiger partial charge in [0.2, 0.25) is 0 Å². The Morgan fingerprint density at radius 3 is 1.57 bits per heavy atom. The quantitative estimate of drug-likeness (QED) is 0.0496. The highest BCUT2D eigenvalue weighted by molar-refractivity contribution is 9.10. The van der Waals surface area contributed by atoms with Crippen molar-refractivity contribution < 1.29 is 27.7 Å². The zero-order chi connectivity index (χ0) is 23.5. The third-order valence-corrected chi connectivity index (χ3v) is 12.9. The second-order valence-corrected chi connectivity index (χ2v) is 12.1. The monoisotopic (exact) mass is 852 g/mol. The maximum absolute atomic E-state index is 13.6. The van der Waals surface area contributed by atoms with Gasteiger partial charge in [0.05, 0.1) is 13.2 Å². The first-order chi connectivity index (χ1) is 14.0. The highest BCUT2D eigenvalue weighted by atomic mass is 79.9. The standard InChI is InChI=1S/C16H24Br6ClO6P/c1-3-13(24)28-16(23,4-2)29-30(25,26-11-14(5-17,6-18)7-19)27-12-15(8-20,9-21)10-22/h3H,1,4-12H2,2H3. The molecular weight excluding hydrogens is 834 g/mol. The molecule has 0 saturated carbocycles. The second-order valence-electron chi connectivity index (χ2n) is 6.53. The number of esters is 1. The number of carbonyl (C=O) groups excluding carboxylic acids is 1. The molecule has 6 nitrogen and oxygen atoms in total. The smallest absolute Gasteiger partial charge is 0.414 e. The van der Waals surface area contributed by atoms with Gasteiger partial charge in [-0.2, -0.15) is 0 Å². The van der Waals surface area contributed by atoms with Crippen LogP contribution in [0.15, 0.2) is 12.7 Å². The summed E-state index contributed by atoms with van der Waals surface area (Å²) < 4.78 is 35.5. The molecule has 0 N–H and O–H groups in total. The van der Waals surface area contributed by atoms with Crippen LogP contribution in [0.25, 0.3) is 0 Å². The van der Waals surface area contributed by atoms with Crippen molar-refractivity contribution >= 4 is 121 Å². The fraction of sp³-hybridized carbons (Fsp3) is 0.812. The average Bonchev–Trinajstić information content (AvgIpc) is 2.76. The van der Waals surface area contributed by atoms with Gasteiger partial charge in [0, 0.05) is 55.3 Å². The Morgan fingerprint density at radius 1 is 0.933 bits per heavy atom. The number of halogens is 7. The Kier molecular flexibility index (Phi) is 16.8. The topological polar surface area (TPSA) is 71.1 Å². The first-order valence-electron chi connectivity index (χ1n) is 8.50. The van der Waals surface area contributed by atoms with Crippen LogP contribution in [-0.4, -0.2) is 56.4 Å². The van der Waals surface area contributed by atoms with E-state index >= 15 is 0 Å². The lowest BCUT2D eigenvalue weighted by Crippen LogP contribution is -2.36. The minimum Gasteiger partial charge on any atom is -0.414 e. The molecule has 0 aliphatic rings. The summed E-state index contributed by atoms with van der Waals surface area (Å²) in [6.45, 7) is 4.96. The van der Waals surface area contributed by atoms with Crippen molar-refractivity contribution in [3.63, 3.8) is 0 Å². The highest BCUT2D eigenvalue weighted by Crippen LogP contribution is 2.56. The van der Waals surface area contributed by atoms with Crippen molar-refractivity contribution in [2.45, 2.75) is 18.6 Å². The van der Waals surface area contributed by atoms with Gasteiger partial charge < -0.3 is 4.74 Å². The van der Waals surface area contributed by atoms with Gasteiger partial charge in [-0.05, 0) is 11.6 Å². The Balaban J connectivity index is 5.79. The van der Waals surface area contributed by atoms with Gasteiger partial charge in [-0.15, -0.1) is 0 Å². The highest BCUT2D eigenvalue weighted by Gasteiger charge is 2.45. The fourth-order valence-electron chi connectivity index (χ4n) is 1.48. The molecule has 0 aliphatic carbocycles. The molecule has 0 radical (unpaired) electrons. The zero-order valence-electron chi connectivity index (χ0n) is 16.2. The molecular formula is C16H24Br6ClO6P. The molecule has 1 unspecified atom stereocenters. The number of carbonyl (C=O) groups is 1. The van der Waals surface area contributed by atoms with Gasteiger partial charge in [0.15, 0.2) is 0 Å². The van der Waals surface area contributed by atoms with Crippen LogP contribution in [0.2, 0.25) is 0 Å². The molecule has 178 valence electrons. The Hall–Kier alpha value is 2.49. The largest absolute Gasteiger partial charge is 0.479 e. The molecule has 0 saturated heterocycles. The van der Waals surface area contributed by atoms with E-state index in [1.165, 1.54) is 0 Å². The number of ether oxygens (including phenoxy) is 1. The molecule has 14 heteroatoms. The third-order valence-electron chi connectivity index (χ3n) is 3.85. The van der Waals surface area contributed by atoms with Crippen molar-refractivity contribution in [3.05, 3.63) is 12.7 Å². The fourth-order valence-corrected chi connectivity index (χ4v) is 9.90. The molecule has 0 rings (SSSR count). The molecule has 1 atom stereocenters. The van der Waals surface area contributed by atoms with Crippen LogP contribution in [-0.2, 0) is 27.7 Å². The van der Waals surface area contributed by atoms with Crippen LogP contribution in [0.1, 0.15) is 13.3 Å². The predicted octanol–water partition coefficient (Wildman–Crippen LogP) is 7.52. The summed E-state index contributed by atoms with van der Waals surface area (Å²) in [6.07, 6.45) is 0.922. The average molecular weight is 858 g/mol. The molecule has 0 amide bonds. The van der Waals surface area contributed by atoms with Crippen molar-refractivity contribution in [1.82, 2.24) is 0 Å². The number of hydrogen-bond acceptors (Lipinski definition) is 6. The van der Waals surface area contributed by atoms with E-state index in [-0.39, 0.29) is 19.6 Å². The van der Waals surface area contributed by atoms with E-state index in [2.05, 4.69) is 102 Å². The van der Waals surface area contributed by atoms with Gasteiger partial charge in [-0.3, -0.25) is 9.05 Å². The van der Waals surface area contributed by atoms with Crippen molar-refractivity contribution in [1.29, 1.82) is 0 Å². The maximum atomic E-state index is 13.6. The molecule has 30 heavy (non-hydrogen) atoms. The molecule has 0 spiro atoms. The lowest BCUT2D eigenvalue weighted by Gasteiger charge is -2.34. The second kappa shape index (κ2) is 15.5. The molecule has 0 heterocycles. The van der Waals surface area contributed by atoms with E-state index in [4.69, 9.17) is 29.9 Å². The molecule has 0 bridgehead atoms. The Labute approximate surface area is 233 Å². The summed E-state index contributed by atoms with van der Waals surface area (Å²) in [4.78, 5) is 11.7. The molecule has 0 fully saturated rings. The van der Waals surface area contributed by atoms with Gasteiger partial charge >= 0.3 is 19.0 Å². The number of rotatable bonds is 17. The third kappa shape index (κ3) is 10.4. The molecule has 0 aliphatic heterocycles. The van der Waals surface area contributed by atoms with Crippen LogP contribution in [0.5, 0.6) is 0 Å². The van der Waals surface area contributed by atoms with E-state index in [1.807, 2.05) is 0 Å². The predicted molar refractivity (Wildman–Crippen MR) is 143 cm³/mol. The molecule has 0 aromatic carbocycles.